The third-order valence-corrected chi connectivity index (χ3v) is 4.21. The van der Waals surface area contributed by atoms with Crippen molar-refractivity contribution in [3.05, 3.63) is 60.1 Å². The number of carbonyl (C=O) groups excluding carboxylic acids is 1. The first-order valence-electron chi connectivity index (χ1n) is 8.28. The molecule has 23 heavy (non-hydrogen) atoms. The fraction of sp³-hybridized carbons (Fsp3) is 0.421. The Kier molecular flexibility index (Phi) is 5.48. The number of hydrogen-bond acceptors (Lipinski definition) is 3. The number of amides is 1. The molecule has 0 aliphatic carbocycles. The summed E-state index contributed by atoms with van der Waals surface area (Å²) >= 11 is 0. The summed E-state index contributed by atoms with van der Waals surface area (Å²) in [6.45, 7) is 2.02. The van der Waals surface area contributed by atoms with E-state index in [9.17, 15) is 4.79 Å². The van der Waals surface area contributed by atoms with Crippen LogP contribution in [0.4, 0.5) is 0 Å². The minimum Gasteiger partial charge on any atom is -0.472 e. The summed E-state index contributed by atoms with van der Waals surface area (Å²) in [6, 6.07) is 12.3. The van der Waals surface area contributed by atoms with Crippen molar-refractivity contribution in [1.29, 1.82) is 0 Å². The van der Waals surface area contributed by atoms with E-state index in [0.29, 0.717) is 13.2 Å². The Labute approximate surface area is 137 Å². The van der Waals surface area contributed by atoms with E-state index in [0.717, 1.165) is 37.8 Å². The second-order valence-electron chi connectivity index (χ2n) is 5.98. The molecule has 0 unspecified atom stereocenters. The van der Waals surface area contributed by atoms with E-state index in [1.807, 2.05) is 17.0 Å². The molecule has 2 aromatic rings. The van der Waals surface area contributed by atoms with E-state index in [2.05, 4.69) is 24.3 Å². The Morgan fingerprint density at radius 3 is 2.74 bits per heavy atom. The van der Waals surface area contributed by atoms with Crippen LogP contribution >= 0.6 is 0 Å². The molecule has 3 rings (SSSR count). The van der Waals surface area contributed by atoms with Crippen LogP contribution in [0.5, 0.6) is 0 Å². The van der Waals surface area contributed by atoms with Crippen molar-refractivity contribution >= 4 is 5.91 Å². The zero-order valence-corrected chi connectivity index (χ0v) is 13.3. The lowest BCUT2D eigenvalue weighted by atomic mass is 10.1. The molecule has 4 nitrogen and oxygen atoms in total. The minimum atomic E-state index is -0.265. The van der Waals surface area contributed by atoms with Gasteiger partial charge in [0, 0.05) is 25.3 Å². The lowest BCUT2D eigenvalue weighted by molar-refractivity contribution is -0.141. The smallest absolute Gasteiger partial charge is 0.252 e. The van der Waals surface area contributed by atoms with Gasteiger partial charge in [0.25, 0.3) is 5.91 Å². The first kappa shape index (κ1) is 15.8. The maximum Gasteiger partial charge on any atom is 0.252 e. The number of nitrogens with zero attached hydrogens (tertiary/aromatic N) is 1. The van der Waals surface area contributed by atoms with Gasteiger partial charge in [0.2, 0.25) is 0 Å². The molecule has 0 N–H and O–H groups in total. The van der Waals surface area contributed by atoms with Crippen LogP contribution < -0.4 is 0 Å². The third kappa shape index (κ3) is 4.45. The van der Waals surface area contributed by atoms with Crippen LogP contribution in [-0.2, 0) is 22.5 Å². The quantitative estimate of drug-likeness (QED) is 0.786. The van der Waals surface area contributed by atoms with E-state index in [4.69, 9.17) is 9.15 Å². The maximum absolute atomic E-state index is 12.7. The molecule has 2 heterocycles. The van der Waals surface area contributed by atoms with Crippen molar-refractivity contribution in [2.75, 3.05) is 13.2 Å². The van der Waals surface area contributed by atoms with Crippen molar-refractivity contribution < 1.29 is 13.9 Å². The van der Waals surface area contributed by atoms with Gasteiger partial charge in [0.1, 0.15) is 6.10 Å². The zero-order valence-electron chi connectivity index (χ0n) is 13.3. The van der Waals surface area contributed by atoms with Gasteiger partial charge in [-0.25, -0.2) is 0 Å². The average molecular weight is 313 g/mol. The Bertz CT molecular complexity index is 588. The highest BCUT2D eigenvalue weighted by molar-refractivity contribution is 5.81. The lowest BCUT2D eigenvalue weighted by Gasteiger charge is -2.25. The summed E-state index contributed by atoms with van der Waals surface area (Å²) in [6.07, 6.45) is 6.81. The molecule has 0 saturated carbocycles. The topological polar surface area (TPSA) is 42.7 Å². The molecule has 1 atom stereocenters. The third-order valence-electron chi connectivity index (χ3n) is 4.21. The maximum atomic E-state index is 12.7. The second kappa shape index (κ2) is 7.97. The Hall–Kier alpha value is -2.07. The highest BCUT2D eigenvalue weighted by atomic mass is 16.5. The molecule has 122 valence electrons. The summed E-state index contributed by atoms with van der Waals surface area (Å²) < 4.78 is 10.7. The Morgan fingerprint density at radius 2 is 2.04 bits per heavy atom. The van der Waals surface area contributed by atoms with Gasteiger partial charge >= 0.3 is 0 Å². The summed E-state index contributed by atoms with van der Waals surface area (Å²) in [7, 11) is 0. The van der Waals surface area contributed by atoms with Crippen LogP contribution in [0.25, 0.3) is 0 Å². The molecular formula is C19H23NO3. The fourth-order valence-electron chi connectivity index (χ4n) is 2.96. The zero-order chi connectivity index (χ0) is 15.9. The van der Waals surface area contributed by atoms with Crippen LogP contribution in [0.3, 0.4) is 0 Å². The molecule has 4 heteroatoms. The average Bonchev–Trinajstić information content (AvgIpc) is 3.28. The molecule has 0 bridgehead atoms. The largest absolute Gasteiger partial charge is 0.472 e. The predicted molar refractivity (Wildman–Crippen MR) is 87.9 cm³/mol. The normalized spacial score (nSPS) is 17.3. The number of ether oxygens (including phenoxy) is 1. The number of hydrogen-bond donors (Lipinski definition) is 0. The van der Waals surface area contributed by atoms with Crippen LogP contribution in [0.15, 0.2) is 53.3 Å². The van der Waals surface area contributed by atoms with Crippen LogP contribution in [-0.4, -0.2) is 30.1 Å². The van der Waals surface area contributed by atoms with Crippen molar-refractivity contribution in [3.8, 4) is 0 Å². The van der Waals surface area contributed by atoms with Gasteiger partial charge in [0.05, 0.1) is 12.5 Å². The summed E-state index contributed by atoms with van der Waals surface area (Å²) in [5, 5.41) is 0. The summed E-state index contributed by atoms with van der Waals surface area (Å²) in [5.41, 5.74) is 2.33. The molecule has 1 amide bonds. The molecule has 1 saturated heterocycles. The number of benzene rings is 1. The molecular weight excluding hydrogens is 290 g/mol. The molecule has 1 fully saturated rings. The van der Waals surface area contributed by atoms with Crippen molar-refractivity contribution in [3.63, 3.8) is 0 Å². The number of furan rings is 1. The van der Waals surface area contributed by atoms with Gasteiger partial charge in [-0.15, -0.1) is 0 Å². The summed E-state index contributed by atoms with van der Waals surface area (Å²) in [4.78, 5) is 14.6. The molecule has 1 aliphatic rings. The van der Waals surface area contributed by atoms with Crippen LogP contribution in [0.1, 0.15) is 30.4 Å². The number of carbonyl (C=O) groups is 1. The van der Waals surface area contributed by atoms with E-state index < -0.39 is 0 Å². The van der Waals surface area contributed by atoms with Crippen molar-refractivity contribution in [2.45, 2.75) is 38.3 Å². The van der Waals surface area contributed by atoms with E-state index in [1.54, 1.807) is 12.5 Å². The predicted octanol–water partition coefficient (Wildman–Crippen LogP) is 3.42. The van der Waals surface area contributed by atoms with Gasteiger partial charge in [-0.1, -0.05) is 30.3 Å². The monoisotopic (exact) mass is 313 g/mol. The van der Waals surface area contributed by atoms with E-state index >= 15 is 0 Å². The Balaban J connectivity index is 1.58. The summed E-state index contributed by atoms with van der Waals surface area (Å²) in [5.74, 6) is 0.108. The Morgan fingerprint density at radius 1 is 1.17 bits per heavy atom. The minimum absolute atomic E-state index is 0.108. The first-order chi connectivity index (χ1) is 11.3. The van der Waals surface area contributed by atoms with Crippen LogP contribution in [0, 0.1) is 0 Å². The van der Waals surface area contributed by atoms with Gasteiger partial charge in [-0.05, 0) is 37.3 Å². The highest BCUT2D eigenvalue weighted by Crippen LogP contribution is 2.17. The first-order valence-corrected chi connectivity index (χ1v) is 8.28. The number of aryl methyl sites for hydroxylation is 1. The molecule has 1 aromatic heterocycles. The van der Waals surface area contributed by atoms with Crippen molar-refractivity contribution in [2.24, 2.45) is 0 Å². The molecule has 0 radical (unpaired) electrons. The highest BCUT2D eigenvalue weighted by Gasteiger charge is 2.28. The molecule has 0 spiro atoms. The van der Waals surface area contributed by atoms with Crippen LogP contribution in [0.2, 0.25) is 0 Å². The van der Waals surface area contributed by atoms with Gasteiger partial charge in [0.15, 0.2) is 0 Å². The lowest BCUT2D eigenvalue weighted by Crippen LogP contribution is -2.39. The van der Waals surface area contributed by atoms with Crippen molar-refractivity contribution in [1.82, 2.24) is 4.90 Å². The van der Waals surface area contributed by atoms with E-state index in [-0.39, 0.29) is 12.0 Å². The second-order valence-corrected chi connectivity index (χ2v) is 5.98. The van der Waals surface area contributed by atoms with Gasteiger partial charge in [-0.3, -0.25) is 4.79 Å². The SMILES string of the molecule is O=C([C@H]1CCCO1)N(CCCc1ccccc1)Cc1ccoc1. The molecule has 1 aromatic carbocycles. The van der Waals surface area contributed by atoms with Gasteiger partial charge in [-0.2, -0.15) is 0 Å². The fourth-order valence-corrected chi connectivity index (χ4v) is 2.96. The van der Waals surface area contributed by atoms with Gasteiger partial charge < -0.3 is 14.1 Å². The van der Waals surface area contributed by atoms with E-state index in [1.165, 1.54) is 5.56 Å². The number of rotatable bonds is 7. The molecule has 1 aliphatic heterocycles. The standard InChI is InChI=1S/C19H23NO3/c21-19(18-9-5-12-23-18)20(14-17-10-13-22-15-17)11-4-8-16-6-2-1-3-7-16/h1-3,6-7,10,13,15,18H,4-5,8-9,11-12,14H2/t18-/m1/s1.